The molecular weight excluding hydrogens is 248 g/mol. The lowest BCUT2D eigenvalue weighted by atomic mass is 9.81. The lowest BCUT2D eigenvalue weighted by molar-refractivity contribution is -0.144. The van der Waals surface area contributed by atoms with Gasteiger partial charge in [0.25, 0.3) is 0 Å². The molecule has 2 atom stereocenters. The molecule has 0 aromatic heterocycles. The molecule has 2 nitrogen and oxygen atoms in total. The molecule has 1 unspecified atom stereocenters. The van der Waals surface area contributed by atoms with Gasteiger partial charge in [0.2, 0.25) is 0 Å². The molecule has 1 aromatic rings. The van der Waals surface area contributed by atoms with Crippen molar-refractivity contribution in [1.82, 2.24) is 0 Å². The van der Waals surface area contributed by atoms with E-state index in [9.17, 15) is 4.79 Å². The monoisotopic (exact) mass is 270 g/mol. The number of benzene rings is 1. The summed E-state index contributed by atoms with van der Waals surface area (Å²) in [5.74, 6) is -0.0697. The molecule has 0 saturated carbocycles. The van der Waals surface area contributed by atoms with E-state index >= 15 is 0 Å². The summed E-state index contributed by atoms with van der Waals surface area (Å²) in [6, 6.07) is 10.1. The molecule has 20 heavy (non-hydrogen) atoms. The maximum Gasteiger partial charge on any atom is 0.313 e. The minimum atomic E-state index is -0.185. The molecule has 0 fully saturated rings. The molecule has 0 radical (unpaired) electrons. The normalized spacial score (nSPS) is 20.5. The topological polar surface area (TPSA) is 26.3 Å². The Kier molecular flexibility index (Phi) is 5.16. The number of hydrogen-bond donors (Lipinski definition) is 0. The van der Waals surface area contributed by atoms with Crippen LogP contribution in [0.3, 0.4) is 0 Å². The molecule has 1 aliphatic rings. The lowest BCUT2D eigenvalue weighted by Gasteiger charge is -2.24. The first-order valence-corrected chi connectivity index (χ1v) is 7.19. The zero-order chi connectivity index (χ0) is 14.4. The number of hydrogen-bond acceptors (Lipinski definition) is 2. The average Bonchev–Trinajstić information content (AvgIpc) is 2.48. The highest BCUT2D eigenvalue weighted by Crippen LogP contribution is 2.30. The van der Waals surface area contributed by atoms with Crippen LogP contribution in [0.5, 0.6) is 0 Å². The van der Waals surface area contributed by atoms with Crippen molar-refractivity contribution in [3.05, 3.63) is 53.6 Å². The summed E-state index contributed by atoms with van der Waals surface area (Å²) in [7, 11) is 1.46. The van der Waals surface area contributed by atoms with Crippen LogP contribution in [0.15, 0.2) is 48.1 Å². The number of esters is 1. The predicted molar refractivity (Wildman–Crippen MR) is 82.1 cm³/mol. The third kappa shape index (κ3) is 3.83. The summed E-state index contributed by atoms with van der Waals surface area (Å²) in [5, 5.41) is 0. The van der Waals surface area contributed by atoms with Crippen LogP contribution in [0.4, 0.5) is 0 Å². The van der Waals surface area contributed by atoms with Gasteiger partial charge >= 0.3 is 5.97 Å². The molecule has 0 aliphatic heterocycles. The number of methoxy groups -OCH3 is 1. The van der Waals surface area contributed by atoms with Gasteiger partial charge in [0.15, 0.2) is 0 Å². The number of allylic oxidation sites excluding steroid dienone is 2. The van der Waals surface area contributed by atoms with Crippen molar-refractivity contribution in [2.75, 3.05) is 7.11 Å². The fourth-order valence-corrected chi connectivity index (χ4v) is 2.74. The van der Waals surface area contributed by atoms with Gasteiger partial charge in [-0.1, -0.05) is 54.1 Å². The van der Waals surface area contributed by atoms with E-state index in [0.717, 1.165) is 24.8 Å². The van der Waals surface area contributed by atoms with Gasteiger partial charge in [-0.25, -0.2) is 0 Å². The first-order chi connectivity index (χ1) is 9.70. The molecule has 2 heteroatoms. The Bertz CT molecular complexity index is 499. The summed E-state index contributed by atoms with van der Waals surface area (Å²) >= 11 is 0. The van der Waals surface area contributed by atoms with Crippen molar-refractivity contribution >= 4 is 12.0 Å². The Morgan fingerprint density at radius 1 is 1.35 bits per heavy atom. The zero-order valence-electron chi connectivity index (χ0n) is 12.2. The molecule has 0 saturated heterocycles. The van der Waals surface area contributed by atoms with Crippen molar-refractivity contribution in [2.45, 2.75) is 26.2 Å². The van der Waals surface area contributed by atoms with Crippen molar-refractivity contribution < 1.29 is 9.53 Å². The van der Waals surface area contributed by atoms with Gasteiger partial charge in [-0.15, -0.1) is 0 Å². The molecular formula is C18H22O2. The SMILES string of the molecule is COC(=O)[C@@H](/C=C/c1ccccc1)C1C=C(C)CCC1. The van der Waals surface area contributed by atoms with Crippen LogP contribution < -0.4 is 0 Å². The molecule has 0 amide bonds. The highest BCUT2D eigenvalue weighted by Gasteiger charge is 2.26. The van der Waals surface area contributed by atoms with Crippen molar-refractivity contribution in [3.63, 3.8) is 0 Å². The van der Waals surface area contributed by atoms with Gasteiger partial charge in [0, 0.05) is 0 Å². The van der Waals surface area contributed by atoms with E-state index in [4.69, 9.17) is 4.74 Å². The van der Waals surface area contributed by atoms with E-state index < -0.39 is 0 Å². The van der Waals surface area contributed by atoms with Crippen LogP contribution in [0.1, 0.15) is 31.7 Å². The van der Waals surface area contributed by atoms with Gasteiger partial charge < -0.3 is 4.74 Å². The van der Waals surface area contributed by atoms with Gasteiger partial charge in [-0.2, -0.15) is 0 Å². The second-order valence-corrected chi connectivity index (χ2v) is 5.39. The minimum Gasteiger partial charge on any atom is -0.469 e. The first kappa shape index (κ1) is 14.6. The van der Waals surface area contributed by atoms with Crippen molar-refractivity contribution in [2.24, 2.45) is 11.8 Å². The zero-order valence-corrected chi connectivity index (χ0v) is 12.2. The molecule has 0 heterocycles. The smallest absolute Gasteiger partial charge is 0.313 e. The second kappa shape index (κ2) is 7.09. The molecule has 106 valence electrons. The third-order valence-corrected chi connectivity index (χ3v) is 3.84. The van der Waals surface area contributed by atoms with E-state index in [1.165, 1.54) is 12.7 Å². The van der Waals surface area contributed by atoms with Crippen LogP contribution in [0, 0.1) is 11.8 Å². The van der Waals surface area contributed by atoms with E-state index in [1.807, 2.05) is 42.5 Å². The van der Waals surface area contributed by atoms with Gasteiger partial charge in [-0.3, -0.25) is 4.79 Å². The Balaban J connectivity index is 2.18. The lowest BCUT2D eigenvalue weighted by Crippen LogP contribution is -2.23. The number of ether oxygens (including phenoxy) is 1. The van der Waals surface area contributed by atoms with E-state index in [0.29, 0.717) is 0 Å². The fourth-order valence-electron chi connectivity index (χ4n) is 2.74. The first-order valence-electron chi connectivity index (χ1n) is 7.19. The maximum absolute atomic E-state index is 12.0. The van der Waals surface area contributed by atoms with Crippen LogP contribution >= 0.6 is 0 Å². The van der Waals surface area contributed by atoms with Gasteiger partial charge in [0.1, 0.15) is 0 Å². The van der Waals surface area contributed by atoms with Gasteiger partial charge in [-0.05, 0) is 37.7 Å². The Morgan fingerprint density at radius 2 is 2.10 bits per heavy atom. The molecule has 1 aromatic carbocycles. The van der Waals surface area contributed by atoms with Crippen LogP contribution in [-0.4, -0.2) is 13.1 Å². The van der Waals surface area contributed by atoms with E-state index in [2.05, 4.69) is 13.0 Å². The van der Waals surface area contributed by atoms with Crippen molar-refractivity contribution in [3.8, 4) is 0 Å². The van der Waals surface area contributed by atoms with Crippen LogP contribution in [0.2, 0.25) is 0 Å². The Labute approximate surface area is 121 Å². The Morgan fingerprint density at radius 3 is 2.75 bits per heavy atom. The average molecular weight is 270 g/mol. The second-order valence-electron chi connectivity index (χ2n) is 5.39. The largest absolute Gasteiger partial charge is 0.469 e. The van der Waals surface area contributed by atoms with Gasteiger partial charge in [0.05, 0.1) is 13.0 Å². The summed E-state index contributed by atoms with van der Waals surface area (Å²) in [5.41, 5.74) is 2.49. The number of carbonyl (C=O) groups excluding carboxylic acids is 1. The highest BCUT2D eigenvalue weighted by molar-refractivity contribution is 5.76. The van der Waals surface area contributed by atoms with E-state index in [-0.39, 0.29) is 17.8 Å². The molecule has 0 N–H and O–H groups in total. The summed E-state index contributed by atoms with van der Waals surface area (Å²) in [4.78, 5) is 12.0. The summed E-state index contributed by atoms with van der Waals surface area (Å²) in [6.07, 6.45) is 9.59. The van der Waals surface area contributed by atoms with E-state index in [1.54, 1.807) is 0 Å². The molecule has 0 bridgehead atoms. The molecule has 1 aliphatic carbocycles. The highest BCUT2D eigenvalue weighted by atomic mass is 16.5. The van der Waals surface area contributed by atoms with Crippen molar-refractivity contribution in [1.29, 1.82) is 0 Å². The minimum absolute atomic E-state index is 0.145. The van der Waals surface area contributed by atoms with Crippen LogP contribution in [-0.2, 0) is 9.53 Å². The maximum atomic E-state index is 12.0. The standard InChI is InChI=1S/C18H22O2/c1-14-7-6-10-16(13-14)17(18(19)20-2)12-11-15-8-4-3-5-9-15/h3-5,8-9,11-13,16-17H,6-7,10H2,1-2H3/b12-11+/t16?,17-/m0/s1. The fraction of sp³-hybridized carbons (Fsp3) is 0.389. The third-order valence-electron chi connectivity index (χ3n) is 3.84. The predicted octanol–water partition coefficient (Wildman–Crippen LogP) is 4.24. The summed E-state index contributed by atoms with van der Waals surface area (Å²) < 4.78 is 4.97. The molecule has 2 rings (SSSR count). The Hall–Kier alpha value is -1.83. The summed E-state index contributed by atoms with van der Waals surface area (Å²) in [6.45, 7) is 2.14. The molecule has 0 spiro atoms. The quantitative estimate of drug-likeness (QED) is 0.604. The van der Waals surface area contributed by atoms with Crippen LogP contribution in [0.25, 0.3) is 6.08 Å². The number of rotatable bonds is 4. The number of carbonyl (C=O) groups is 1.